The smallest absolute Gasteiger partial charge is 0.375 e. The number of rotatable bonds is 5. The van der Waals surface area contributed by atoms with E-state index < -0.39 is 18.0 Å². The van der Waals surface area contributed by atoms with E-state index in [4.69, 9.17) is 25.5 Å². The molecule has 1 atom stereocenters. The molecule has 0 saturated carbocycles. The fourth-order valence-corrected chi connectivity index (χ4v) is 2.82. The molecule has 3 rings (SSSR count). The molecule has 1 amide bonds. The van der Waals surface area contributed by atoms with Gasteiger partial charge in [-0.1, -0.05) is 29.8 Å². The molecule has 0 aliphatic heterocycles. The number of fused-ring (bicyclic) bond motifs is 1. The molecule has 6 nitrogen and oxygen atoms in total. The number of methoxy groups -OCH3 is 1. The number of halogens is 1. The van der Waals surface area contributed by atoms with E-state index in [9.17, 15) is 9.59 Å². The van der Waals surface area contributed by atoms with Crippen molar-refractivity contribution < 1.29 is 23.5 Å². The Balaban J connectivity index is 1.73. The Labute approximate surface area is 161 Å². The Morgan fingerprint density at radius 2 is 1.93 bits per heavy atom. The number of benzene rings is 2. The molecule has 2 aromatic carbocycles. The van der Waals surface area contributed by atoms with Gasteiger partial charge in [0.05, 0.1) is 12.8 Å². The number of hydrogen-bond acceptors (Lipinski definition) is 5. The van der Waals surface area contributed by atoms with E-state index in [1.807, 2.05) is 18.2 Å². The van der Waals surface area contributed by atoms with Crippen molar-refractivity contribution in [3.8, 4) is 5.75 Å². The van der Waals surface area contributed by atoms with E-state index in [1.165, 1.54) is 14.0 Å². The Bertz CT molecular complexity index is 1010. The minimum Gasteiger partial charge on any atom is -0.495 e. The molecular formula is C20H18ClNO5. The second-order valence-corrected chi connectivity index (χ2v) is 6.37. The average molecular weight is 388 g/mol. The summed E-state index contributed by atoms with van der Waals surface area (Å²) >= 11 is 5.95. The number of amides is 1. The van der Waals surface area contributed by atoms with Crippen LogP contribution in [0.3, 0.4) is 0 Å². The maximum atomic E-state index is 12.4. The average Bonchev–Trinajstić information content (AvgIpc) is 2.99. The maximum absolute atomic E-state index is 12.4. The lowest BCUT2D eigenvalue weighted by Crippen LogP contribution is -2.30. The molecule has 27 heavy (non-hydrogen) atoms. The summed E-state index contributed by atoms with van der Waals surface area (Å²) in [6.07, 6.45) is -1.05. The van der Waals surface area contributed by atoms with E-state index in [2.05, 4.69) is 5.32 Å². The highest BCUT2D eigenvalue weighted by Crippen LogP contribution is 2.28. The van der Waals surface area contributed by atoms with Crippen LogP contribution in [0.4, 0.5) is 5.69 Å². The quantitative estimate of drug-likeness (QED) is 0.648. The Morgan fingerprint density at radius 3 is 2.63 bits per heavy atom. The number of ether oxygens (including phenoxy) is 2. The first kappa shape index (κ1) is 18.8. The van der Waals surface area contributed by atoms with E-state index in [0.29, 0.717) is 27.6 Å². The largest absolute Gasteiger partial charge is 0.495 e. The predicted molar refractivity (Wildman–Crippen MR) is 102 cm³/mol. The van der Waals surface area contributed by atoms with Gasteiger partial charge >= 0.3 is 5.97 Å². The number of esters is 1. The number of para-hydroxylation sites is 1. The van der Waals surface area contributed by atoms with Gasteiger partial charge in [0.1, 0.15) is 11.3 Å². The van der Waals surface area contributed by atoms with Crippen LogP contribution in [-0.2, 0) is 9.53 Å². The van der Waals surface area contributed by atoms with Gasteiger partial charge in [0, 0.05) is 16.0 Å². The van der Waals surface area contributed by atoms with Crippen LogP contribution in [0, 0.1) is 6.92 Å². The SMILES string of the molecule is COc1ccc(Cl)cc1NC(=O)[C@@H](C)OC(=O)c1oc2ccccc2c1C. The molecule has 0 aliphatic rings. The van der Waals surface area contributed by atoms with E-state index in [-0.39, 0.29) is 5.76 Å². The maximum Gasteiger partial charge on any atom is 0.375 e. The van der Waals surface area contributed by atoms with Gasteiger partial charge in [-0.05, 0) is 38.1 Å². The minimum absolute atomic E-state index is 0.0798. The molecule has 0 radical (unpaired) electrons. The number of carbonyl (C=O) groups excluding carboxylic acids is 2. The van der Waals surface area contributed by atoms with Crippen molar-refractivity contribution in [2.75, 3.05) is 12.4 Å². The summed E-state index contributed by atoms with van der Waals surface area (Å²) in [6.45, 7) is 3.24. The third kappa shape index (κ3) is 3.90. The summed E-state index contributed by atoms with van der Waals surface area (Å²) in [5.41, 5.74) is 1.64. The molecule has 3 aromatic rings. The second-order valence-electron chi connectivity index (χ2n) is 5.93. The summed E-state index contributed by atoms with van der Waals surface area (Å²) < 4.78 is 16.0. The molecule has 1 heterocycles. The fraction of sp³-hybridized carbons (Fsp3) is 0.200. The first-order valence-corrected chi connectivity index (χ1v) is 8.62. The highest BCUT2D eigenvalue weighted by atomic mass is 35.5. The van der Waals surface area contributed by atoms with Crippen molar-refractivity contribution in [2.45, 2.75) is 20.0 Å². The molecule has 7 heteroatoms. The first-order valence-electron chi connectivity index (χ1n) is 8.24. The van der Waals surface area contributed by atoms with Gasteiger partial charge in [-0.2, -0.15) is 0 Å². The molecule has 0 spiro atoms. The summed E-state index contributed by atoms with van der Waals surface area (Å²) in [4.78, 5) is 24.8. The Morgan fingerprint density at radius 1 is 1.19 bits per heavy atom. The summed E-state index contributed by atoms with van der Waals surface area (Å²) in [6, 6.07) is 12.1. The first-order chi connectivity index (χ1) is 12.9. The zero-order valence-corrected chi connectivity index (χ0v) is 15.8. The topological polar surface area (TPSA) is 77.8 Å². The van der Waals surface area contributed by atoms with Crippen LogP contribution in [0.15, 0.2) is 46.9 Å². The van der Waals surface area contributed by atoms with Crippen LogP contribution in [0.25, 0.3) is 11.0 Å². The van der Waals surface area contributed by atoms with Crippen LogP contribution < -0.4 is 10.1 Å². The van der Waals surface area contributed by atoms with Crippen molar-refractivity contribution in [1.82, 2.24) is 0 Å². The van der Waals surface area contributed by atoms with Crippen molar-refractivity contribution in [2.24, 2.45) is 0 Å². The van der Waals surface area contributed by atoms with Crippen LogP contribution >= 0.6 is 11.6 Å². The van der Waals surface area contributed by atoms with Gasteiger partial charge in [-0.25, -0.2) is 4.79 Å². The molecule has 0 bridgehead atoms. The van der Waals surface area contributed by atoms with Crippen molar-refractivity contribution in [1.29, 1.82) is 0 Å². The zero-order chi connectivity index (χ0) is 19.6. The number of furan rings is 1. The third-order valence-electron chi connectivity index (χ3n) is 4.10. The monoisotopic (exact) mass is 387 g/mol. The van der Waals surface area contributed by atoms with Gasteiger partial charge in [0.15, 0.2) is 6.10 Å². The van der Waals surface area contributed by atoms with Gasteiger partial charge in [0.25, 0.3) is 5.91 Å². The molecular weight excluding hydrogens is 370 g/mol. The Kier molecular flexibility index (Phi) is 5.37. The number of hydrogen-bond donors (Lipinski definition) is 1. The van der Waals surface area contributed by atoms with Crippen molar-refractivity contribution >= 4 is 40.1 Å². The highest BCUT2D eigenvalue weighted by molar-refractivity contribution is 6.31. The summed E-state index contributed by atoms with van der Waals surface area (Å²) in [5, 5.41) is 3.91. The van der Waals surface area contributed by atoms with Crippen molar-refractivity contribution in [3.63, 3.8) is 0 Å². The highest BCUT2D eigenvalue weighted by Gasteiger charge is 2.24. The van der Waals surface area contributed by atoms with Gasteiger partial charge < -0.3 is 19.2 Å². The lowest BCUT2D eigenvalue weighted by Gasteiger charge is -2.15. The molecule has 0 unspecified atom stereocenters. The van der Waals surface area contributed by atoms with E-state index in [1.54, 1.807) is 31.2 Å². The van der Waals surface area contributed by atoms with Gasteiger partial charge in [0.2, 0.25) is 5.76 Å². The van der Waals surface area contributed by atoms with Crippen molar-refractivity contribution in [3.05, 3.63) is 58.8 Å². The fourth-order valence-electron chi connectivity index (χ4n) is 2.65. The summed E-state index contributed by atoms with van der Waals surface area (Å²) in [5.74, 6) is -0.697. The molecule has 0 fully saturated rings. The second kappa shape index (κ2) is 7.72. The normalized spacial score (nSPS) is 11.9. The third-order valence-corrected chi connectivity index (χ3v) is 4.34. The van der Waals surface area contributed by atoms with E-state index >= 15 is 0 Å². The number of carbonyl (C=O) groups is 2. The molecule has 140 valence electrons. The van der Waals surface area contributed by atoms with Gasteiger partial charge in [-0.3, -0.25) is 4.79 Å². The van der Waals surface area contributed by atoms with Crippen LogP contribution in [0.5, 0.6) is 5.75 Å². The predicted octanol–water partition coefficient (Wildman–Crippen LogP) is 4.59. The minimum atomic E-state index is -1.05. The lowest BCUT2D eigenvalue weighted by molar-refractivity contribution is -0.123. The summed E-state index contributed by atoms with van der Waals surface area (Å²) in [7, 11) is 1.48. The molecule has 1 aromatic heterocycles. The zero-order valence-electron chi connectivity index (χ0n) is 15.0. The van der Waals surface area contributed by atoms with Gasteiger partial charge in [-0.15, -0.1) is 0 Å². The number of aryl methyl sites for hydroxylation is 1. The molecule has 0 aliphatic carbocycles. The van der Waals surface area contributed by atoms with Crippen LogP contribution in [0.2, 0.25) is 5.02 Å². The number of nitrogens with one attached hydrogen (secondary N) is 1. The molecule has 0 saturated heterocycles. The Hall–Kier alpha value is -2.99. The van der Waals surface area contributed by atoms with E-state index in [0.717, 1.165) is 5.39 Å². The lowest BCUT2D eigenvalue weighted by atomic mass is 10.1. The molecule has 1 N–H and O–H groups in total. The standard InChI is InChI=1S/C20H18ClNO5/c1-11-14-6-4-5-7-16(14)27-18(11)20(24)26-12(2)19(23)22-15-10-13(21)8-9-17(15)25-3/h4-10,12H,1-3H3,(H,22,23)/t12-/m1/s1. The van der Waals surface area contributed by atoms with Crippen LogP contribution in [-0.4, -0.2) is 25.1 Å². The van der Waals surface area contributed by atoms with Crippen LogP contribution in [0.1, 0.15) is 23.0 Å². The number of anilines is 1.